The summed E-state index contributed by atoms with van der Waals surface area (Å²) in [5.41, 5.74) is 2.16. The van der Waals surface area contributed by atoms with E-state index in [1.807, 2.05) is 6.92 Å². The molecule has 0 radical (unpaired) electrons. The Balaban J connectivity index is 2.67. The normalized spacial score (nSPS) is 11.5. The van der Waals surface area contributed by atoms with E-state index in [9.17, 15) is 9.90 Å². The van der Waals surface area contributed by atoms with Gasteiger partial charge in [-0.3, -0.25) is 0 Å². The van der Waals surface area contributed by atoms with E-state index in [4.69, 9.17) is 8.83 Å². The third-order valence-electron chi connectivity index (χ3n) is 3.34. The van der Waals surface area contributed by atoms with Crippen LogP contribution in [0.2, 0.25) is 0 Å². The van der Waals surface area contributed by atoms with Crippen LogP contribution in [0.4, 0.5) is 0 Å². The van der Waals surface area contributed by atoms with Gasteiger partial charge in [0.05, 0.1) is 0 Å². The number of benzene rings is 1. The van der Waals surface area contributed by atoms with Crippen LogP contribution in [0.25, 0.3) is 21.9 Å². The van der Waals surface area contributed by atoms with E-state index >= 15 is 0 Å². The SMILES string of the molecule is Cc1cc2oc3cc(O)c(C)c(C)c3c2c(=O)o1. The summed E-state index contributed by atoms with van der Waals surface area (Å²) in [6, 6.07) is 3.22. The largest absolute Gasteiger partial charge is 0.508 e. The van der Waals surface area contributed by atoms with E-state index < -0.39 is 5.63 Å². The molecule has 0 fully saturated rings. The second-order valence-electron chi connectivity index (χ2n) is 4.50. The van der Waals surface area contributed by atoms with Crippen LogP contribution < -0.4 is 5.63 Å². The molecule has 0 aliphatic carbocycles. The summed E-state index contributed by atoms with van der Waals surface area (Å²) in [6.07, 6.45) is 0. The first-order valence-corrected chi connectivity index (χ1v) is 5.65. The fourth-order valence-corrected chi connectivity index (χ4v) is 2.27. The average Bonchev–Trinajstić information content (AvgIpc) is 2.64. The minimum absolute atomic E-state index is 0.167. The molecule has 0 saturated heterocycles. The first kappa shape index (κ1) is 10.9. The lowest BCUT2D eigenvalue weighted by molar-refractivity contribution is 0.470. The van der Waals surface area contributed by atoms with Gasteiger partial charge in [-0.05, 0) is 31.9 Å². The molecule has 0 atom stereocenters. The fraction of sp³-hybridized carbons (Fsp3) is 0.214. The van der Waals surface area contributed by atoms with Crippen molar-refractivity contribution in [2.45, 2.75) is 20.8 Å². The molecule has 0 saturated carbocycles. The molecule has 4 heteroatoms. The van der Waals surface area contributed by atoms with Crippen LogP contribution in [0.15, 0.2) is 25.8 Å². The smallest absolute Gasteiger partial charge is 0.347 e. The van der Waals surface area contributed by atoms with Crippen LogP contribution >= 0.6 is 0 Å². The van der Waals surface area contributed by atoms with E-state index in [0.29, 0.717) is 27.7 Å². The van der Waals surface area contributed by atoms with E-state index in [1.165, 1.54) is 6.07 Å². The summed E-state index contributed by atoms with van der Waals surface area (Å²) in [5.74, 6) is 0.672. The lowest BCUT2D eigenvalue weighted by Gasteiger charge is -2.03. The van der Waals surface area contributed by atoms with Gasteiger partial charge in [0.1, 0.15) is 28.1 Å². The number of hydrogen-bond acceptors (Lipinski definition) is 4. The molecule has 3 rings (SSSR count). The van der Waals surface area contributed by atoms with Gasteiger partial charge in [-0.15, -0.1) is 0 Å². The zero-order valence-corrected chi connectivity index (χ0v) is 10.3. The zero-order valence-electron chi connectivity index (χ0n) is 10.3. The standard InChI is InChI=1S/C14H12O4/c1-6-4-10-13(14(16)17-6)12-8(3)7(2)9(15)5-11(12)18-10/h4-5,15H,1-3H3. The molecule has 92 valence electrons. The average molecular weight is 244 g/mol. The summed E-state index contributed by atoms with van der Waals surface area (Å²) in [6.45, 7) is 5.36. The summed E-state index contributed by atoms with van der Waals surface area (Å²) in [7, 11) is 0. The van der Waals surface area contributed by atoms with E-state index in [-0.39, 0.29) is 5.75 Å². The Labute approximate surface area is 102 Å². The molecule has 1 N–H and O–H groups in total. The summed E-state index contributed by atoms with van der Waals surface area (Å²) in [5, 5.41) is 10.9. The van der Waals surface area contributed by atoms with Gasteiger partial charge in [0, 0.05) is 17.5 Å². The Hall–Kier alpha value is -2.23. The van der Waals surface area contributed by atoms with E-state index in [2.05, 4.69) is 0 Å². The summed E-state index contributed by atoms with van der Waals surface area (Å²) >= 11 is 0. The van der Waals surface area contributed by atoms with Crippen LogP contribution in [0, 0.1) is 20.8 Å². The van der Waals surface area contributed by atoms with Crippen LogP contribution in [0.3, 0.4) is 0 Å². The van der Waals surface area contributed by atoms with Gasteiger partial charge in [-0.25, -0.2) is 4.79 Å². The maximum absolute atomic E-state index is 11.9. The number of aromatic hydroxyl groups is 1. The van der Waals surface area contributed by atoms with E-state index in [0.717, 1.165) is 11.1 Å². The Morgan fingerprint density at radius 2 is 1.61 bits per heavy atom. The molecule has 0 amide bonds. The van der Waals surface area contributed by atoms with Gasteiger partial charge < -0.3 is 13.9 Å². The van der Waals surface area contributed by atoms with Crippen molar-refractivity contribution in [3.63, 3.8) is 0 Å². The quantitative estimate of drug-likeness (QED) is 0.659. The predicted octanol–water partition coefficient (Wildman–Crippen LogP) is 3.17. The Morgan fingerprint density at radius 3 is 2.33 bits per heavy atom. The molecule has 3 aromatic rings. The van der Waals surface area contributed by atoms with E-state index in [1.54, 1.807) is 19.9 Å². The Kier molecular flexibility index (Phi) is 2.05. The van der Waals surface area contributed by atoms with Crippen LogP contribution in [-0.2, 0) is 0 Å². The Bertz CT molecular complexity index is 836. The first-order chi connectivity index (χ1) is 8.49. The molecular formula is C14H12O4. The molecule has 2 aromatic heterocycles. The molecule has 0 bridgehead atoms. The number of furan rings is 1. The molecule has 0 aliphatic rings. The molecule has 4 nitrogen and oxygen atoms in total. The number of phenolic OH excluding ortho intramolecular Hbond substituents is 1. The molecule has 0 aliphatic heterocycles. The maximum Gasteiger partial charge on any atom is 0.347 e. The number of phenols is 1. The van der Waals surface area contributed by atoms with Gasteiger partial charge in [-0.2, -0.15) is 0 Å². The zero-order chi connectivity index (χ0) is 13.0. The lowest BCUT2D eigenvalue weighted by Crippen LogP contribution is -1.99. The van der Waals surface area contributed by atoms with Gasteiger partial charge in [0.2, 0.25) is 0 Å². The molecule has 0 spiro atoms. The van der Waals surface area contributed by atoms with Crippen molar-refractivity contribution in [2.24, 2.45) is 0 Å². The van der Waals surface area contributed by atoms with Gasteiger partial charge in [-0.1, -0.05) is 0 Å². The van der Waals surface area contributed by atoms with Crippen LogP contribution in [-0.4, -0.2) is 5.11 Å². The monoisotopic (exact) mass is 244 g/mol. The van der Waals surface area contributed by atoms with Gasteiger partial charge >= 0.3 is 5.63 Å². The minimum Gasteiger partial charge on any atom is -0.508 e. The number of rotatable bonds is 0. The third kappa shape index (κ3) is 1.29. The van der Waals surface area contributed by atoms with Crippen molar-refractivity contribution in [1.29, 1.82) is 0 Å². The summed E-state index contributed by atoms with van der Waals surface area (Å²) in [4.78, 5) is 11.9. The van der Waals surface area contributed by atoms with Gasteiger partial charge in [0.25, 0.3) is 0 Å². The maximum atomic E-state index is 11.9. The van der Waals surface area contributed by atoms with Crippen molar-refractivity contribution < 1.29 is 13.9 Å². The molecule has 0 unspecified atom stereocenters. The molecule has 2 heterocycles. The lowest BCUT2D eigenvalue weighted by atomic mass is 10.0. The van der Waals surface area contributed by atoms with Crippen molar-refractivity contribution in [3.05, 3.63) is 39.4 Å². The number of aryl methyl sites for hydroxylation is 2. The first-order valence-electron chi connectivity index (χ1n) is 5.65. The topological polar surface area (TPSA) is 63.6 Å². The highest BCUT2D eigenvalue weighted by atomic mass is 16.4. The number of hydrogen-bond donors (Lipinski definition) is 1. The van der Waals surface area contributed by atoms with Crippen molar-refractivity contribution in [3.8, 4) is 5.75 Å². The van der Waals surface area contributed by atoms with Crippen molar-refractivity contribution >= 4 is 21.9 Å². The summed E-state index contributed by atoms with van der Waals surface area (Å²) < 4.78 is 10.7. The second kappa shape index (κ2) is 3.38. The minimum atomic E-state index is -0.406. The molecule has 18 heavy (non-hydrogen) atoms. The Morgan fingerprint density at radius 1 is 0.944 bits per heavy atom. The highest BCUT2D eigenvalue weighted by molar-refractivity contribution is 6.06. The molecule has 1 aromatic carbocycles. The highest BCUT2D eigenvalue weighted by Crippen LogP contribution is 2.35. The van der Waals surface area contributed by atoms with Crippen LogP contribution in [0.5, 0.6) is 5.75 Å². The highest BCUT2D eigenvalue weighted by Gasteiger charge is 2.17. The van der Waals surface area contributed by atoms with Crippen molar-refractivity contribution in [1.82, 2.24) is 0 Å². The fourth-order valence-electron chi connectivity index (χ4n) is 2.27. The molecular weight excluding hydrogens is 232 g/mol. The van der Waals surface area contributed by atoms with Crippen molar-refractivity contribution in [2.75, 3.05) is 0 Å². The van der Waals surface area contributed by atoms with Crippen LogP contribution in [0.1, 0.15) is 16.9 Å². The predicted molar refractivity (Wildman–Crippen MR) is 68.1 cm³/mol. The number of fused-ring (bicyclic) bond motifs is 3. The van der Waals surface area contributed by atoms with Gasteiger partial charge in [0.15, 0.2) is 0 Å². The second-order valence-corrected chi connectivity index (χ2v) is 4.50. The third-order valence-corrected chi connectivity index (χ3v) is 3.34.